The van der Waals surface area contributed by atoms with Crippen LogP contribution >= 0.6 is 0 Å². The molecule has 3 N–H and O–H groups in total. The highest BCUT2D eigenvalue weighted by Crippen LogP contribution is 2.13. The van der Waals surface area contributed by atoms with Crippen LogP contribution in [0.1, 0.15) is 11.5 Å². The summed E-state index contributed by atoms with van der Waals surface area (Å²) in [5.74, 6) is 0.729. The van der Waals surface area contributed by atoms with Crippen LogP contribution in [-0.4, -0.2) is 34.6 Å². The SMILES string of the molecule is Cn1cc(S(=O)(=O)NCCc2ncc[nH]2)cc1CO. The van der Waals surface area contributed by atoms with Gasteiger partial charge in [0.1, 0.15) is 5.82 Å². The second-order valence-electron chi connectivity index (χ2n) is 4.12. The number of H-pyrrole nitrogens is 1. The minimum absolute atomic E-state index is 0.151. The summed E-state index contributed by atoms with van der Waals surface area (Å²) in [6.07, 6.45) is 5.27. The fourth-order valence-electron chi connectivity index (χ4n) is 1.70. The number of aromatic amines is 1. The number of hydrogen-bond acceptors (Lipinski definition) is 4. The first-order valence-corrected chi connectivity index (χ1v) is 7.25. The zero-order chi connectivity index (χ0) is 13.9. The maximum Gasteiger partial charge on any atom is 0.242 e. The third-order valence-electron chi connectivity index (χ3n) is 2.76. The molecule has 7 nitrogen and oxygen atoms in total. The van der Waals surface area contributed by atoms with Crippen LogP contribution in [0.15, 0.2) is 29.6 Å². The highest BCUT2D eigenvalue weighted by molar-refractivity contribution is 7.89. The summed E-state index contributed by atoms with van der Waals surface area (Å²) in [6.45, 7) is 0.0671. The molecule has 2 aromatic heterocycles. The Kier molecular flexibility index (Phi) is 4.03. The number of sulfonamides is 1. The molecule has 0 fully saturated rings. The predicted octanol–water partition coefficient (Wildman–Crippen LogP) is -0.239. The van der Waals surface area contributed by atoms with Gasteiger partial charge < -0.3 is 14.7 Å². The van der Waals surface area contributed by atoms with Gasteiger partial charge in [-0.2, -0.15) is 0 Å². The van der Waals surface area contributed by atoms with Crippen molar-refractivity contribution in [1.29, 1.82) is 0 Å². The van der Waals surface area contributed by atoms with E-state index in [0.29, 0.717) is 12.1 Å². The Morgan fingerprint density at radius 1 is 1.53 bits per heavy atom. The van der Waals surface area contributed by atoms with Crippen LogP contribution in [0.2, 0.25) is 0 Å². The highest BCUT2D eigenvalue weighted by atomic mass is 32.2. The predicted molar refractivity (Wildman–Crippen MR) is 68.8 cm³/mol. The average Bonchev–Trinajstić information content (AvgIpc) is 2.98. The van der Waals surface area contributed by atoms with Crippen molar-refractivity contribution in [2.24, 2.45) is 7.05 Å². The second-order valence-corrected chi connectivity index (χ2v) is 5.89. The summed E-state index contributed by atoms with van der Waals surface area (Å²) in [4.78, 5) is 7.07. The van der Waals surface area contributed by atoms with Crippen molar-refractivity contribution in [3.8, 4) is 0 Å². The number of nitrogens with one attached hydrogen (secondary N) is 2. The van der Waals surface area contributed by atoms with E-state index in [4.69, 9.17) is 5.11 Å². The molecule has 0 radical (unpaired) electrons. The molecule has 2 heterocycles. The van der Waals surface area contributed by atoms with Crippen molar-refractivity contribution >= 4 is 10.0 Å². The normalized spacial score (nSPS) is 11.9. The molecule has 0 amide bonds. The molecule has 0 saturated heterocycles. The van der Waals surface area contributed by atoms with E-state index in [0.717, 1.165) is 5.82 Å². The lowest BCUT2D eigenvalue weighted by molar-refractivity contribution is 0.272. The second kappa shape index (κ2) is 5.55. The number of aliphatic hydroxyl groups is 1. The first-order valence-electron chi connectivity index (χ1n) is 5.77. The Morgan fingerprint density at radius 3 is 2.89 bits per heavy atom. The summed E-state index contributed by atoms with van der Waals surface area (Å²) < 4.78 is 28.1. The van der Waals surface area contributed by atoms with Crippen LogP contribution in [0.5, 0.6) is 0 Å². The number of aliphatic hydroxyl groups excluding tert-OH is 1. The lowest BCUT2D eigenvalue weighted by Crippen LogP contribution is -2.26. The van der Waals surface area contributed by atoms with E-state index >= 15 is 0 Å². The van der Waals surface area contributed by atoms with Crippen LogP contribution in [0, 0.1) is 0 Å². The molecule has 0 atom stereocenters. The molecule has 0 aliphatic rings. The Labute approximate surface area is 111 Å². The molecule has 2 rings (SSSR count). The fraction of sp³-hybridized carbons (Fsp3) is 0.364. The molecule has 0 aliphatic heterocycles. The average molecular weight is 284 g/mol. The van der Waals surface area contributed by atoms with Gasteiger partial charge in [-0.05, 0) is 6.07 Å². The molecule has 0 spiro atoms. The molecule has 0 saturated carbocycles. The first kappa shape index (κ1) is 13.8. The summed E-state index contributed by atoms with van der Waals surface area (Å²) in [5, 5.41) is 9.05. The van der Waals surface area contributed by atoms with E-state index in [9.17, 15) is 8.42 Å². The van der Waals surface area contributed by atoms with Crippen molar-refractivity contribution in [1.82, 2.24) is 19.3 Å². The van der Waals surface area contributed by atoms with Crippen molar-refractivity contribution in [2.75, 3.05) is 6.54 Å². The highest BCUT2D eigenvalue weighted by Gasteiger charge is 2.16. The Morgan fingerprint density at radius 2 is 2.32 bits per heavy atom. The zero-order valence-corrected chi connectivity index (χ0v) is 11.3. The number of nitrogens with zero attached hydrogens (tertiary/aromatic N) is 2. The van der Waals surface area contributed by atoms with Crippen molar-refractivity contribution < 1.29 is 13.5 Å². The molecule has 0 aliphatic carbocycles. The van der Waals surface area contributed by atoms with Crippen LogP contribution < -0.4 is 4.72 Å². The first-order chi connectivity index (χ1) is 9.03. The fourth-order valence-corrected chi connectivity index (χ4v) is 2.83. The van der Waals surface area contributed by atoms with Gasteiger partial charge in [-0.1, -0.05) is 0 Å². The Hall–Kier alpha value is -1.64. The van der Waals surface area contributed by atoms with E-state index in [2.05, 4.69) is 14.7 Å². The molecule has 8 heteroatoms. The van der Waals surface area contributed by atoms with E-state index in [1.54, 1.807) is 24.0 Å². The van der Waals surface area contributed by atoms with Crippen LogP contribution in [0.25, 0.3) is 0 Å². The summed E-state index contributed by atoms with van der Waals surface area (Å²) in [6, 6.07) is 1.45. The number of aromatic nitrogens is 3. The largest absolute Gasteiger partial charge is 0.390 e. The van der Waals surface area contributed by atoms with Crippen molar-refractivity contribution in [3.05, 3.63) is 36.2 Å². The van der Waals surface area contributed by atoms with Crippen molar-refractivity contribution in [2.45, 2.75) is 17.9 Å². The Balaban J connectivity index is 2.01. The van der Waals surface area contributed by atoms with Crippen LogP contribution in [0.4, 0.5) is 0 Å². The maximum atomic E-state index is 12.0. The van der Waals surface area contributed by atoms with E-state index in [-0.39, 0.29) is 18.0 Å². The molecule has 0 bridgehead atoms. The molecular formula is C11H16N4O3S. The third-order valence-corrected chi connectivity index (χ3v) is 4.19. The monoisotopic (exact) mass is 284 g/mol. The lowest BCUT2D eigenvalue weighted by atomic mass is 10.4. The number of rotatable bonds is 6. The van der Waals surface area contributed by atoms with E-state index in [1.165, 1.54) is 12.3 Å². The zero-order valence-electron chi connectivity index (χ0n) is 10.5. The smallest absolute Gasteiger partial charge is 0.242 e. The minimum atomic E-state index is -3.55. The number of imidazole rings is 1. The summed E-state index contributed by atoms with van der Waals surface area (Å²) in [5.41, 5.74) is 0.548. The van der Waals surface area contributed by atoms with Gasteiger partial charge in [0.2, 0.25) is 10.0 Å². The quantitative estimate of drug-likeness (QED) is 0.681. The molecule has 0 unspecified atom stereocenters. The van der Waals surface area contributed by atoms with Gasteiger partial charge in [0, 0.05) is 44.3 Å². The topological polar surface area (TPSA) is 100 Å². The third kappa shape index (κ3) is 3.22. The van der Waals surface area contributed by atoms with Crippen LogP contribution in [-0.2, 0) is 30.1 Å². The molecule has 104 valence electrons. The van der Waals surface area contributed by atoms with Gasteiger partial charge in [0.05, 0.1) is 11.5 Å². The molecule has 19 heavy (non-hydrogen) atoms. The molecule has 2 aromatic rings. The van der Waals surface area contributed by atoms with Gasteiger partial charge in [0.15, 0.2) is 0 Å². The summed E-state index contributed by atoms with van der Waals surface area (Å²) >= 11 is 0. The minimum Gasteiger partial charge on any atom is -0.390 e. The number of hydrogen-bond donors (Lipinski definition) is 3. The summed E-state index contributed by atoms with van der Waals surface area (Å²) in [7, 11) is -1.86. The maximum absolute atomic E-state index is 12.0. The van der Waals surface area contributed by atoms with E-state index < -0.39 is 10.0 Å². The standard InChI is InChI=1S/C11H16N4O3S/c1-15-7-10(6-9(15)8-16)19(17,18)14-3-2-11-12-4-5-13-11/h4-7,14,16H,2-3,8H2,1H3,(H,12,13). The molecule has 0 aromatic carbocycles. The van der Waals surface area contributed by atoms with Gasteiger partial charge >= 0.3 is 0 Å². The Bertz CT molecular complexity index is 631. The van der Waals surface area contributed by atoms with Gasteiger partial charge in [0.25, 0.3) is 0 Å². The van der Waals surface area contributed by atoms with Gasteiger partial charge in [-0.3, -0.25) is 0 Å². The number of aryl methyl sites for hydroxylation is 1. The molecular weight excluding hydrogens is 268 g/mol. The van der Waals surface area contributed by atoms with Gasteiger partial charge in [-0.25, -0.2) is 18.1 Å². The lowest BCUT2D eigenvalue weighted by Gasteiger charge is -2.03. The van der Waals surface area contributed by atoms with Crippen molar-refractivity contribution in [3.63, 3.8) is 0 Å². The van der Waals surface area contributed by atoms with E-state index in [1.807, 2.05) is 0 Å². The van der Waals surface area contributed by atoms with Crippen LogP contribution in [0.3, 0.4) is 0 Å². The van der Waals surface area contributed by atoms with Gasteiger partial charge in [-0.15, -0.1) is 0 Å².